The van der Waals surface area contributed by atoms with Crippen LogP contribution < -0.4 is 5.32 Å². The molecule has 3 heterocycles. The van der Waals surface area contributed by atoms with Gasteiger partial charge in [-0.15, -0.1) is 0 Å². The summed E-state index contributed by atoms with van der Waals surface area (Å²) in [6.07, 6.45) is -2.59. The number of fused-ring (bicyclic) bond motifs is 2. The summed E-state index contributed by atoms with van der Waals surface area (Å²) in [5.74, 6) is 0.498. The third kappa shape index (κ3) is 4.70. The summed E-state index contributed by atoms with van der Waals surface area (Å²) in [4.78, 5) is 13.3. The van der Waals surface area contributed by atoms with Crippen LogP contribution in [0.25, 0.3) is 0 Å². The first-order chi connectivity index (χ1) is 14.9. The number of aromatic nitrogens is 1. The lowest BCUT2D eigenvalue weighted by molar-refractivity contribution is -0.137. The molecule has 1 atom stereocenters. The normalized spacial score (nSPS) is 19.3. The number of ether oxygens (including phenoxy) is 1. The molecule has 0 spiro atoms. The van der Waals surface area contributed by atoms with Crippen LogP contribution in [0, 0.1) is 0 Å². The Kier molecular flexibility index (Phi) is 6.49. The SMILES string of the molecule is CCCN1CCN(C2=Nc3ccccc3Nc3sc(C(F)(F)F)nc32)CC1CCOC. The number of benzene rings is 1. The zero-order valence-electron chi connectivity index (χ0n) is 17.6. The van der Waals surface area contributed by atoms with Gasteiger partial charge in [0.25, 0.3) is 0 Å². The Labute approximate surface area is 183 Å². The van der Waals surface area contributed by atoms with Gasteiger partial charge in [0.15, 0.2) is 5.84 Å². The number of nitrogens with one attached hydrogen (secondary N) is 1. The predicted molar refractivity (Wildman–Crippen MR) is 117 cm³/mol. The van der Waals surface area contributed by atoms with Crippen molar-refractivity contribution in [3.05, 3.63) is 35.0 Å². The summed E-state index contributed by atoms with van der Waals surface area (Å²) in [7, 11) is 1.68. The molecule has 0 aliphatic carbocycles. The molecule has 6 nitrogen and oxygen atoms in total. The van der Waals surface area contributed by atoms with E-state index in [1.807, 2.05) is 24.3 Å². The number of hydrogen-bond acceptors (Lipinski definition) is 7. The number of piperazine rings is 1. The Morgan fingerprint density at radius 3 is 2.81 bits per heavy atom. The Morgan fingerprint density at radius 1 is 1.26 bits per heavy atom. The van der Waals surface area contributed by atoms with Gasteiger partial charge in [0.05, 0.1) is 11.4 Å². The van der Waals surface area contributed by atoms with E-state index in [0.717, 1.165) is 25.9 Å². The van der Waals surface area contributed by atoms with Crippen molar-refractivity contribution >= 4 is 33.5 Å². The maximum atomic E-state index is 13.4. The number of alkyl halides is 3. The van der Waals surface area contributed by atoms with Gasteiger partial charge in [-0.3, -0.25) is 4.90 Å². The minimum absolute atomic E-state index is 0.243. The lowest BCUT2D eigenvalue weighted by Gasteiger charge is -2.42. The van der Waals surface area contributed by atoms with Gasteiger partial charge in [-0.1, -0.05) is 30.4 Å². The molecule has 31 heavy (non-hydrogen) atoms. The van der Waals surface area contributed by atoms with E-state index < -0.39 is 11.2 Å². The number of thiazole rings is 1. The van der Waals surface area contributed by atoms with Crippen LogP contribution in [0.1, 0.15) is 30.5 Å². The van der Waals surface area contributed by atoms with Gasteiger partial charge in [-0.05, 0) is 31.5 Å². The maximum Gasteiger partial charge on any atom is 0.443 e. The molecule has 1 N–H and O–H groups in total. The summed E-state index contributed by atoms with van der Waals surface area (Å²) in [6, 6.07) is 7.63. The molecule has 2 aromatic rings. The molecule has 0 saturated carbocycles. The van der Waals surface area contributed by atoms with Gasteiger partial charge in [0.1, 0.15) is 10.7 Å². The van der Waals surface area contributed by atoms with E-state index in [2.05, 4.69) is 27.0 Å². The first-order valence-corrected chi connectivity index (χ1v) is 11.2. The topological polar surface area (TPSA) is 53.0 Å². The van der Waals surface area contributed by atoms with Crippen molar-refractivity contribution in [1.29, 1.82) is 0 Å². The number of aliphatic imine (C=N–C) groups is 1. The molecule has 2 aliphatic rings. The van der Waals surface area contributed by atoms with Crippen molar-refractivity contribution in [3.8, 4) is 0 Å². The van der Waals surface area contributed by atoms with Gasteiger partial charge < -0.3 is 15.0 Å². The van der Waals surface area contributed by atoms with Gasteiger partial charge >= 0.3 is 6.18 Å². The summed E-state index contributed by atoms with van der Waals surface area (Å²) in [5.41, 5.74) is 1.64. The van der Waals surface area contributed by atoms with E-state index in [0.29, 0.717) is 53.2 Å². The molecular formula is C21H26F3N5OS. The maximum absolute atomic E-state index is 13.4. The molecule has 0 amide bonds. The highest BCUT2D eigenvalue weighted by molar-refractivity contribution is 7.16. The van der Waals surface area contributed by atoms with E-state index in [1.165, 1.54) is 0 Å². The van der Waals surface area contributed by atoms with Crippen molar-refractivity contribution in [2.75, 3.05) is 45.2 Å². The summed E-state index contributed by atoms with van der Waals surface area (Å²) < 4.78 is 45.6. The van der Waals surface area contributed by atoms with Gasteiger partial charge in [0.2, 0.25) is 5.01 Å². The Balaban J connectivity index is 1.72. The average molecular weight is 454 g/mol. The second-order valence-electron chi connectivity index (χ2n) is 7.69. The number of anilines is 2. The number of amidine groups is 1. The van der Waals surface area contributed by atoms with Crippen molar-refractivity contribution < 1.29 is 17.9 Å². The molecule has 4 rings (SSSR count). The van der Waals surface area contributed by atoms with Gasteiger partial charge in [-0.2, -0.15) is 13.2 Å². The first-order valence-electron chi connectivity index (χ1n) is 10.4. The van der Waals surface area contributed by atoms with Crippen molar-refractivity contribution in [2.45, 2.75) is 32.0 Å². The van der Waals surface area contributed by atoms with E-state index in [4.69, 9.17) is 9.73 Å². The standard InChI is InChI=1S/C21H26F3N5OS/c1-3-9-28-10-11-29(13-14(28)8-12-30-2)18-17-19(31-20(27-17)21(22,23)24)26-16-7-5-4-6-15(16)25-18/h4-7,14,26H,3,8-13H2,1-2H3. The van der Waals surface area contributed by atoms with E-state index in [-0.39, 0.29) is 11.7 Å². The number of halogens is 3. The van der Waals surface area contributed by atoms with Crippen LogP contribution in [-0.4, -0.2) is 66.6 Å². The Morgan fingerprint density at radius 2 is 2.06 bits per heavy atom. The van der Waals surface area contributed by atoms with Crippen LogP contribution in [0.15, 0.2) is 29.3 Å². The Bertz CT molecular complexity index is 945. The number of methoxy groups -OCH3 is 1. The third-order valence-electron chi connectivity index (χ3n) is 5.53. The summed E-state index contributed by atoms with van der Waals surface area (Å²) in [6.45, 7) is 5.94. The third-order valence-corrected chi connectivity index (χ3v) is 6.55. The zero-order valence-corrected chi connectivity index (χ0v) is 18.4. The van der Waals surface area contributed by atoms with Crippen LogP contribution in [0.5, 0.6) is 0 Å². The minimum atomic E-state index is -4.50. The van der Waals surface area contributed by atoms with Crippen molar-refractivity contribution in [2.24, 2.45) is 4.99 Å². The highest BCUT2D eigenvalue weighted by Crippen LogP contribution is 2.42. The van der Waals surface area contributed by atoms with E-state index in [1.54, 1.807) is 7.11 Å². The molecule has 1 aromatic heterocycles. The van der Waals surface area contributed by atoms with Crippen LogP contribution >= 0.6 is 11.3 Å². The molecule has 1 fully saturated rings. The van der Waals surface area contributed by atoms with Gasteiger partial charge in [-0.25, -0.2) is 9.98 Å². The summed E-state index contributed by atoms with van der Waals surface area (Å²) >= 11 is 0.625. The van der Waals surface area contributed by atoms with Crippen LogP contribution in [0.3, 0.4) is 0 Å². The second kappa shape index (κ2) is 9.13. The lowest BCUT2D eigenvalue weighted by atomic mass is 10.1. The zero-order chi connectivity index (χ0) is 22.0. The Hall–Kier alpha value is -2.17. The number of rotatable bonds is 5. The van der Waals surface area contributed by atoms with Crippen molar-refractivity contribution in [3.63, 3.8) is 0 Å². The smallest absolute Gasteiger partial charge is 0.385 e. The molecule has 0 bridgehead atoms. The predicted octanol–water partition coefficient (Wildman–Crippen LogP) is 4.73. The molecule has 0 radical (unpaired) electrons. The largest absolute Gasteiger partial charge is 0.443 e. The van der Waals surface area contributed by atoms with E-state index in [9.17, 15) is 13.2 Å². The summed E-state index contributed by atoms with van der Waals surface area (Å²) in [5, 5.41) is 2.64. The fourth-order valence-corrected chi connectivity index (χ4v) is 4.90. The van der Waals surface area contributed by atoms with Gasteiger partial charge in [0, 0.05) is 39.4 Å². The minimum Gasteiger partial charge on any atom is -0.385 e. The van der Waals surface area contributed by atoms with E-state index >= 15 is 0 Å². The molecule has 10 heteroatoms. The highest BCUT2D eigenvalue weighted by atomic mass is 32.1. The van der Waals surface area contributed by atoms with Crippen LogP contribution in [0.2, 0.25) is 0 Å². The quantitative estimate of drug-likeness (QED) is 0.710. The average Bonchev–Trinajstić information content (AvgIpc) is 3.10. The fourth-order valence-electron chi connectivity index (χ4n) is 4.06. The highest BCUT2D eigenvalue weighted by Gasteiger charge is 2.39. The molecule has 168 valence electrons. The molecular weight excluding hydrogens is 427 g/mol. The van der Waals surface area contributed by atoms with Crippen LogP contribution in [-0.2, 0) is 10.9 Å². The molecule has 1 aromatic carbocycles. The first kappa shape index (κ1) is 22.0. The fraction of sp³-hybridized carbons (Fsp3) is 0.524. The molecule has 1 unspecified atom stereocenters. The number of nitrogens with zero attached hydrogens (tertiary/aromatic N) is 4. The van der Waals surface area contributed by atoms with Crippen molar-refractivity contribution in [1.82, 2.24) is 14.8 Å². The van der Waals surface area contributed by atoms with Crippen LogP contribution in [0.4, 0.5) is 29.5 Å². The number of para-hydroxylation sites is 2. The molecule has 2 aliphatic heterocycles. The molecule has 1 saturated heterocycles. The monoisotopic (exact) mass is 453 g/mol. The second-order valence-corrected chi connectivity index (χ2v) is 8.69. The lowest BCUT2D eigenvalue weighted by Crippen LogP contribution is -2.55. The number of hydrogen-bond donors (Lipinski definition) is 1.